The van der Waals surface area contributed by atoms with Crippen LogP contribution < -0.4 is 25.2 Å². The lowest BCUT2D eigenvalue weighted by molar-refractivity contribution is 0.0938. The minimum atomic E-state index is -0.372. The number of benzene rings is 1. The number of methoxy groups -OCH3 is 1. The Balaban J connectivity index is 1.53. The van der Waals surface area contributed by atoms with E-state index in [4.69, 9.17) is 19.4 Å². The summed E-state index contributed by atoms with van der Waals surface area (Å²) in [4.78, 5) is 29.5. The lowest BCUT2D eigenvalue weighted by Crippen LogP contribution is -2.40. The summed E-state index contributed by atoms with van der Waals surface area (Å²) >= 11 is 0. The normalized spacial score (nSPS) is 19.9. The van der Waals surface area contributed by atoms with Gasteiger partial charge in [-0.05, 0) is 69.9 Å². The van der Waals surface area contributed by atoms with Crippen molar-refractivity contribution < 1.29 is 14.3 Å². The molecule has 0 bridgehead atoms. The molecular weight excluding hydrogens is 542 g/mol. The summed E-state index contributed by atoms with van der Waals surface area (Å²) in [5.41, 5.74) is 5.71. The van der Waals surface area contributed by atoms with Crippen LogP contribution in [0.15, 0.2) is 24.3 Å². The Labute approximate surface area is 253 Å². The molecule has 10 nitrogen and oxygen atoms in total. The number of nitrogens with zero attached hydrogens (tertiary/aromatic N) is 5. The number of rotatable bonds is 7. The number of fused-ring (bicyclic) bond motifs is 1. The van der Waals surface area contributed by atoms with Gasteiger partial charge < -0.3 is 29.9 Å². The molecule has 1 aliphatic carbocycles. The predicted molar refractivity (Wildman–Crippen MR) is 167 cm³/mol. The van der Waals surface area contributed by atoms with Crippen LogP contribution >= 0.6 is 0 Å². The molecule has 6 rings (SSSR count). The second kappa shape index (κ2) is 12.3. The molecule has 2 atom stereocenters. The molecule has 1 aromatic carbocycles. The molecule has 3 aromatic rings. The molecule has 226 valence electrons. The van der Waals surface area contributed by atoms with Crippen LogP contribution in [-0.4, -0.2) is 75.0 Å². The van der Waals surface area contributed by atoms with Crippen molar-refractivity contribution in [1.82, 2.24) is 20.6 Å². The van der Waals surface area contributed by atoms with Crippen LogP contribution in [0.5, 0.6) is 5.75 Å². The van der Waals surface area contributed by atoms with Crippen LogP contribution in [0.2, 0.25) is 0 Å². The van der Waals surface area contributed by atoms with Crippen LogP contribution in [-0.2, 0) is 4.74 Å². The summed E-state index contributed by atoms with van der Waals surface area (Å²) in [6.07, 6.45) is 3.20. The fourth-order valence-corrected chi connectivity index (χ4v) is 6.21. The Morgan fingerprint density at radius 1 is 1.12 bits per heavy atom. The Kier molecular flexibility index (Phi) is 8.37. The molecular formula is C33H41N7O3. The molecule has 3 fully saturated rings. The van der Waals surface area contributed by atoms with E-state index in [-0.39, 0.29) is 11.9 Å². The lowest BCUT2D eigenvalue weighted by Gasteiger charge is -2.34. The summed E-state index contributed by atoms with van der Waals surface area (Å²) in [5, 5.41) is 17.5. The van der Waals surface area contributed by atoms with Gasteiger partial charge in [-0.25, -0.2) is 4.98 Å². The molecule has 0 radical (unpaired) electrons. The summed E-state index contributed by atoms with van der Waals surface area (Å²) < 4.78 is 11.1. The first-order valence-electron chi connectivity index (χ1n) is 15.4. The van der Waals surface area contributed by atoms with E-state index in [9.17, 15) is 10.1 Å². The number of aryl methyl sites for hydroxylation is 1. The number of hydrogen-bond donors (Lipinski definition) is 2. The second-order valence-electron chi connectivity index (χ2n) is 12.0. The molecule has 10 heteroatoms. The van der Waals surface area contributed by atoms with Crippen molar-refractivity contribution in [3.63, 3.8) is 0 Å². The number of hydrogen-bond acceptors (Lipinski definition) is 9. The van der Waals surface area contributed by atoms with E-state index in [2.05, 4.69) is 39.5 Å². The maximum absolute atomic E-state index is 14.6. The lowest BCUT2D eigenvalue weighted by atomic mass is 10.0. The molecule has 0 spiro atoms. The minimum absolute atomic E-state index is 0.188. The highest BCUT2D eigenvalue weighted by atomic mass is 16.5. The molecule has 2 saturated heterocycles. The maximum atomic E-state index is 14.6. The third-order valence-electron chi connectivity index (χ3n) is 8.75. The third kappa shape index (κ3) is 6.10. The van der Waals surface area contributed by atoms with E-state index in [1.165, 1.54) is 0 Å². The van der Waals surface area contributed by atoms with Crippen molar-refractivity contribution in [3.8, 4) is 11.8 Å². The molecule has 0 unspecified atom stereocenters. The maximum Gasteiger partial charge on any atom is 0.257 e. The molecule has 2 N–H and O–H groups in total. The SMILES string of the molecule is COc1cc(C#N)cc([C@H](C)NC(=O)c2c(N3CCOCC3)nc3c(C4CC4)nc(C)cc3c2N2CCN[C@@H](C)CC2)c1. The first-order chi connectivity index (χ1) is 20.9. The number of pyridine rings is 2. The molecule has 4 heterocycles. The number of anilines is 2. The van der Waals surface area contributed by atoms with Crippen LogP contribution in [0.4, 0.5) is 11.5 Å². The Morgan fingerprint density at radius 3 is 2.63 bits per heavy atom. The van der Waals surface area contributed by atoms with E-state index in [1.54, 1.807) is 19.2 Å². The Hall–Kier alpha value is -3.94. The molecule has 1 saturated carbocycles. The number of nitrogens with one attached hydrogen (secondary N) is 2. The standard InChI is InChI=1S/C33H41N7O3/c1-20-7-9-39(10-8-35-20)31-27-15-21(2)36-29(24-5-6-24)30(27)38-32(40-11-13-43-14-12-40)28(31)33(41)37-22(3)25-16-23(19-34)17-26(18-25)42-4/h15-18,20,22,24,35H,5-14H2,1-4H3,(H,37,41)/t20-,22-/m0/s1. The molecule has 43 heavy (non-hydrogen) atoms. The number of ether oxygens (including phenoxy) is 2. The quantitative estimate of drug-likeness (QED) is 0.422. The van der Waals surface area contributed by atoms with Gasteiger partial charge in [0.2, 0.25) is 0 Å². The van der Waals surface area contributed by atoms with Gasteiger partial charge in [0.15, 0.2) is 0 Å². The first-order valence-corrected chi connectivity index (χ1v) is 15.4. The fraction of sp³-hybridized carbons (Fsp3) is 0.515. The van der Waals surface area contributed by atoms with Crippen molar-refractivity contribution >= 4 is 28.3 Å². The minimum Gasteiger partial charge on any atom is -0.497 e. The van der Waals surface area contributed by atoms with E-state index in [0.717, 1.165) is 72.4 Å². The second-order valence-corrected chi connectivity index (χ2v) is 12.0. The molecule has 3 aliphatic rings. The topological polar surface area (TPSA) is 116 Å². The van der Waals surface area contributed by atoms with Gasteiger partial charge in [-0.3, -0.25) is 9.78 Å². The highest BCUT2D eigenvalue weighted by Gasteiger charge is 2.34. The fourth-order valence-electron chi connectivity index (χ4n) is 6.21. The van der Waals surface area contributed by atoms with Gasteiger partial charge in [-0.2, -0.15) is 5.26 Å². The predicted octanol–water partition coefficient (Wildman–Crippen LogP) is 4.21. The number of morpholine rings is 1. The van der Waals surface area contributed by atoms with Crippen molar-refractivity contribution in [1.29, 1.82) is 5.26 Å². The summed E-state index contributed by atoms with van der Waals surface area (Å²) in [6.45, 7) is 11.1. The monoisotopic (exact) mass is 583 g/mol. The van der Waals surface area contributed by atoms with Crippen LogP contribution in [0.1, 0.15) is 77.9 Å². The number of carbonyl (C=O) groups excluding carboxylic acids is 1. The van der Waals surface area contributed by atoms with E-state index >= 15 is 0 Å². The third-order valence-corrected chi connectivity index (χ3v) is 8.75. The summed E-state index contributed by atoms with van der Waals surface area (Å²) in [5.74, 6) is 1.50. The molecule has 2 aromatic heterocycles. The van der Waals surface area contributed by atoms with Crippen molar-refractivity contribution in [2.75, 3.05) is 62.8 Å². The zero-order valence-corrected chi connectivity index (χ0v) is 25.6. The largest absolute Gasteiger partial charge is 0.497 e. The summed E-state index contributed by atoms with van der Waals surface area (Å²) in [7, 11) is 1.58. The Bertz CT molecular complexity index is 1560. The van der Waals surface area contributed by atoms with Crippen molar-refractivity contribution in [2.24, 2.45) is 0 Å². The van der Waals surface area contributed by atoms with E-state index in [0.29, 0.717) is 61.0 Å². The van der Waals surface area contributed by atoms with Gasteiger partial charge in [0, 0.05) is 55.8 Å². The van der Waals surface area contributed by atoms with Gasteiger partial charge in [-0.1, -0.05) is 0 Å². The zero-order chi connectivity index (χ0) is 30.1. The average molecular weight is 584 g/mol. The number of amides is 1. The van der Waals surface area contributed by atoms with E-state index in [1.807, 2.05) is 19.9 Å². The average Bonchev–Trinajstić information content (AvgIpc) is 3.88. The van der Waals surface area contributed by atoms with Gasteiger partial charge in [0.05, 0.1) is 54.9 Å². The van der Waals surface area contributed by atoms with E-state index < -0.39 is 0 Å². The van der Waals surface area contributed by atoms with Crippen LogP contribution in [0, 0.1) is 18.3 Å². The highest BCUT2D eigenvalue weighted by Crippen LogP contribution is 2.45. The highest BCUT2D eigenvalue weighted by molar-refractivity contribution is 6.12. The molecule has 1 amide bonds. The summed E-state index contributed by atoms with van der Waals surface area (Å²) in [6, 6.07) is 9.69. The smallest absolute Gasteiger partial charge is 0.257 e. The van der Waals surface area contributed by atoms with Crippen LogP contribution in [0.25, 0.3) is 10.9 Å². The zero-order valence-electron chi connectivity index (χ0n) is 25.6. The number of aromatic nitrogens is 2. The Morgan fingerprint density at radius 2 is 1.91 bits per heavy atom. The first kappa shape index (κ1) is 29.1. The van der Waals surface area contributed by atoms with Gasteiger partial charge >= 0.3 is 0 Å². The van der Waals surface area contributed by atoms with Crippen LogP contribution in [0.3, 0.4) is 0 Å². The molecule has 2 aliphatic heterocycles. The van der Waals surface area contributed by atoms with Crippen molar-refractivity contribution in [2.45, 2.75) is 58.0 Å². The van der Waals surface area contributed by atoms with Gasteiger partial charge in [0.25, 0.3) is 5.91 Å². The van der Waals surface area contributed by atoms with Crippen molar-refractivity contribution in [3.05, 3.63) is 52.3 Å². The number of nitriles is 1. The van der Waals surface area contributed by atoms with Gasteiger partial charge in [0.1, 0.15) is 17.1 Å². The van der Waals surface area contributed by atoms with Gasteiger partial charge in [-0.15, -0.1) is 0 Å². The number of carbonyl (C=O) groups is 1.